The summed E-state index contributed by atoms with van der Waals surface area (Å²) in [6, 6.07) is 14.5. The molecule has 1 aliphatic rings. The number of para-hydroxylation sites is 2. The Bertz CT molecular complexity index is 784. The van der Waals surface area contributed by atoms with Crippen LogP contribution in [0, 0.1) is 0 Å². The fourth-order valence-electron chi connectivity index (χ4n) is 3.25. The smallest absolute Gasteiger partial charge is 0.138 e. The maximum absolute atomic E-state index is 4.92. The summed E-state index contributed by atoms with van der Waals surface area (Å²) in [5, 5.41) is 0. The lowest BCUT2D eigenvalue weighted by Crippen LogP contribution is -2.29. The van der Waals surface area contributed by atoms with Gasteiger partial charge in [-0.1, -0.05) is 18.2 Å². The predicted octanol–water partition coefficient (Wildman–Crippen LogP) is 3.23. The third-order valence-electron chi connectivity index (χ3n) is 4.59. The molecule has 1 aliphatic heterocycles. The number of aromatic nitrogens is 3. The van der Waals surface area contributed by atoms with Gasteiger partial charge >= 0.3 is 0 Å². The monoisotopic (exact) mass is 292 g/mol. The van der Waals surface area contributed by atoms with Crippen LogP contribution in [0.15, 0.2) is 48.8 Å². The van der Waals surface area contributed by atoms with Crippen molar-refractivity contribution >= 4 is 11.0 Å². The maximum Gasteiger partial charge on any atom is 0.138 e. The van der Waals surface area contributed by atoms with Crippen LogP contribution in [0.1, 0.15) is 24.5 Å². The molecular formula is C18H20N4. The van der Waals surface area contributed by atoms with Gasteiger partial charge in [0.25, 0.3) is 0 Å². The third-order valence-corrected chi connectivity index (χ3v) is 4.59. The highest BCUT2D eigenvalue weighted by molar-refractivity contribution is 5.76. The summed E-state index contributed by atoms with van der Waals surface area (Å²) < 4.78 is 2.08. The van der Waals surface area contributed by atoms with Crippen LogP contribution in [-0.4, -0.2) is 39.6 Å². The molecule has 0 aliphatic carbocycles. The van der Waals surface area contributed by atoms with Gasteiger partial charge in [-0.25, -0.2) is 9.97 Å². The molecule has 0 amide bonds. The molecule has 0 N–H and O–H groups in total. The van der Waals surface area contributed by atoms with Crippen molar-refractivity contribution in [2.45, 2.75) is 18.8 Å². The maximum atomic E-state index is 4.92. The van der Waals surface area contributed by atoms with Crippen molar-refractivity contribution in [3.05, 3.63) is 54.5 Å². The van der Waals surface area contributed by atoms with Gasteiger partial charge in [0, 0.05) is 11.6 Å². The van der Waals surface area contributed by atoms with E-state index >= 15 is 0 Å². The predicted molar refractivity (Wildman–Crippen MR) is 88.3 cm³/mol. The minimum atomic E-state index is 0.575. The minimum absolute atomic E-state index is 0.575. The van der Waals surface area contributed by atoms with Gasteiger partial charge in [0.15, 0.2) is 0 Å². The van der Waals surface area contributed by atoms with E-state index in [2.05, 4.69) is 45.8 Å². The lowest BCUT2D eigenvalue weighted by atomic mass is 9.93. The van der Waals surface area contributed by atoms with Gasteiger partial charge in [0.1, 0.15) is 12.1 Å². The molecule has 4 nitrogen and oxygen atoms in total. The molecule has 22 heavy (non-hydrogen) atoms. The average molecular weight is 292 g/mol. The quantitative estimate of drug-likeness (QED) is 0.727. The zero-order valence-corrected chi connectivity index (χ0v) is 12.8. The highest BCUT2D eigenvalue weighted by Crippen LogP contribution is 2.27. The van der Waals surface area contributed by atoms with E-state index in [1.165, 1.54) is 18.5 Å². The summed E-state index contributed by atoms with van der Waals surface area (Å²) in [5.74, 6) is 1.54. The zero-order chi connectivity index (χ0) is 14.9. The fourth-order valence-corrected chi connectivity index (χ4v) is 3.25. The molecule has 0 radical (unpaired) electrons. The van der Waals surface area contributed by atoms with Crippen molar-refractivity contribution in [2.24, 2.45) is 0 Å². The number of piperidine rings is 1. The number of rotatable bonds is 2. The molecule has 2 aromatic heterocycles. The Balaban J connectivity index is 1.70. The van der Waals surface area contributed by atoms with Crippen LogP contribution in [0.2, 0.25) is 0 Å². The minimum Gasteiger partial charge on any atom is -0.306 e. The van der Waals surface area contributed by atoms with Crippen molar-refractivity contribution in [3.8, 4) is 5.82 Å². The Hall–Kier alpha value is -2.20. The van der Waals surface area contributed by atoms with E-state index in [-0.39, 0.29) is 0 Å². The number of hydrogen-bond acceptors (Lipinski definition) is 3. The lowest BCUT2D eigenvalue weighted by Gasteiger charge is -2.28. The van der Waals surface area contributed by atoms with E-state index in [1.54, 1.807) is 0 Å². The Morgan fingerprint density at radius 3 is 2.68 bits per heavy atom. The standard InChI is InChI=1S/C18H20N4/c1-21-11-9-14(10-12-21)15-6-4-8-18(20-15)22-13-19-16-5-2-3-7-17(16)22/h2-8,13-14H,9-12H2,1H3. The van der Waals surface area contributed by atoms with Gasteiger partial charge < -0.3 is 4.90 Å². The van der Waals surface area contributed by atoms with Crippen LogP contribution in [0.25, 0.3) is 16.9 Å². The molecular weight excluding hydrogens is 272 g/mol. The molecule has 1 saturated heterocycles. The van der Waals surface area contributed by atoms with Gasteiger partial charge in [-0.05, 0) is 57.2 Å². The normalized spacial score (nSPS) is 17.1. The first-order chi connectivity index (χ1) is 10.8. The SMILES string of the molecule is CN1CCC(c2cccc(-n3cnc4ccccc43)n2)CC1. The van der Waals surface area contributed by atoms with Crippen LogP contribution in [-0.2, 0) is 0 Å². The molecule has 112 valence electrons. The van der Waals surface area contributed by atoms with Crippen LogP contribution in [0.3, 0.4) is 0 Å². The number of likely N-dealkylation sites (tertiary alicyclic amines) is 1. The van der Waals surface area contributed by atoms with Crippen molar-refractivity contribution < 1.29 is 0 Å². The molecule has 0 bridgehead atoms. The first-order valence-electron chi connectivity index (χ1n) is 7.89. The van der Waals surface area contributed by atoms with E-state index in [4.69, 9.17) is 4.98 Å². The van der Waals surface area contributed by atoms with Gasteiger partial charge in [0.2, 0.25) is 0 Å². The summed E-state index contributed by atoms with van der Waals surface area (Å²) in [6.07, 6.45) is 4.25. The number of fused-ring (bicyclic) bond motifs is 1. The molecule has 1 aromatic carbocycles. The van der Waals surface area contributed by atoms with Crippen LogP contribution >= 0.6 is 0 Å². The zero-order valence-electron chi connectivity index (χ0n) is 12.8. The van der Waals surface area contributed by atoms with Crippen LogP contribution in [0.4, 0.5) is 0 Å². The number of pyridine rings is 1. The Labute approximate surface area is 130 Å². The van der Waals surface area contributed by atoms with Crippen LogP contribution < -0.4 is 0 Å². The second-order valence-electron chi connectivity index (χ2n) is 6.10. The van der Waals surface area contributed by atoms with Crippen LogP contribution in [0.5, 0.6) is 0 Å². The Kier molecular flexibility index (Phi) is 3.39. The second-order valence-corrected chi connectivity index (χ2v) is 6.10. The summed E-state index contributed by atoms with van der Waals surface area (Å²) >= 11 is 0. The first kappa shape index (κ1) is 13.5. The molecule has 3 aromatic rings. The molecule has 1 fully saturated rings. The van der Waals surface area contributed by atoms with Gasteiger partial charge in [-0.3, -0.25) is 4.57 Å². The summed E-state index contributed by atoms with van der Waals surface area (Å²) in [4.78, 5) is 11.8. The van der Waals surface area contributed by atoms with Crippen molar-refractivity contribution in [1.82, 2.24) is 19.4 Å². The molecule has 4 rings (SSSR count). The van der Waals surface area contributed by atoms with Crippen molar-refractivity contribution in [1.29, 1.82) is 0 Å². The largest absolute Gasteiger partial charge is 0.306 e. The Morgan fingerprint density at radius 1 is 1.00 bits per heavy atom. The highest BCUT2D eigenvalue weighted by Gasteiger charge is 2.19. The summed E-state index contributed by atoms with van der Waals surface area (Å²) in [7, 11) is 2.19. The lowest BCUT2D eigenvalue weighted by molar-refractivity contribution is 0.253. The average Bonchev–Trinajstić information content (AvgIpc) is 3.00. The second kappa shape index (κ2) is 5.54. The Morgan fingerprint density at radius 2 is 1.82 bits per heavy atom. The van der Waals surface area contributed by atoms with E-state index in [9.17, 15) is 0 Å². The molecule has 0 unspecified atom stereocenters. The topological polar surface area (TPSA) is 34.0 Å². The highest BCUT2D eigenvalue weighted by atomic mass is 15.1. The summed E-state index contributed by atoms with van der Waals surface area (Å²) in [6.45, 7) is 2.31. The van der Waals surface area contributed by atoms with E-state index in [0.717, 1.165) is 29.9 Å². The van der Waals surface area contributed by atoms with Gasteiger partial charge in [0.05, 0.1) is 11.0 Å². The van der Waals surface area contributed by atoms with E-state index in [1.807, 2.05) is 24.5 Å². The molecule has 4 heteroatoms. The summed E-state index contributed by atoms with van der Waals surface area (Å²) in [5.41, 5.74) is 3.33. The van der Waals surface area contributed by atoms with Crippen molar-refractivity contribution in [2.75, 3.05) is 20.1 Å². The first-order valence-corrected chi connectivity index (χ1v) is 7.89. The molecule has 0 spiro atoms. The fraction of sp³-hybridized carbons (Fsp3) is 0.333. The molecule has 0 saturated carbocycles. The molecule has 0 atom stereocenters. The van der Waals surface area contributed by atoms with Gasteiger partial charge in [-0.2, -0.15) is 0 Å². The number of hydrogen-bond donors (Lipinski definition) is 0. The number of nitrogens with zero attached hydrogens (tertiary/aromatic N) is 4. The van der Waals surface area contributed by atoms with Crippen molar-refractivity contribution in [3.63, 3.8) is 0 Å². The van der Waals surface area contributed by atoms with Gasteiger partial charge in [-0.15, -0.1) is 0 Å². The number of imidazole rings is 1. The molecule has 3 heterocycles. The number of benzene rings is 1. The van der Waals surface area contributed by atoms with E-state index in [0.29, 0.717) is 5.92 Å². The third kappa shape index (κ3) is 2.40. The van der Waals surface area contributed by atoms with E-state index < -0.39 is 0 Å².